The molecule has 8 nitrogen and oxygen atoms in total. The molecular formula is C29H40O8S. The van der Waals surface area contributed by atoms with Crippen molar-refractivity contribution in [1.29, 1.82) is 0 Å². The molecule has 1 aliphatic heterocycles. The van der Waals surface area contributed by atoms with Crippen molar-refractivity contribution in [3.63, 3.8) is 0 Å². The first-order valence-corrected chi connectivity index (χ1v) is 15.1. The molecule has 4 aliphatic rings. The van der Waals surface area contributed by atoms with Crippen molar-refractivity contribution < 1.29 is 36.8 Å². The standard InChI is InChI=1S/C29H40O8S/c1-17-6-8-20(9-7-17)38(33,34)36-16-24(31)37-22-14-27(4,23-15-35-23)26(32)19(3)29-12-10-18(2)28(22,5)25(29)21(30)11-13-29/h6-9,18-19,22-23,25-26,32H,10-16H2,1-5H3/t18-,19+,22-,23?,25+,26+,27+,28+,29+/m1/s1. The first-order valence-electron chi connectivity index (χ1n) is 13.7. The summed E-state index contributed by atoms with van der Waals surface area (Å²) in [7, 11) is -4.15. The molecule has 38 heavy (non-hydrogen) atoms. The lowest BCUT2D eigenvalue weighted by Gasteiger charge is -2.62. The number of esters is 1. The van der Waals surface area contributed by atoms with Gasteiger partial charge in [0.2, 0.25) is 0 Å². The van der Waals surface area contributed by atoms with Gasteiger partial charge >= 0.3 is 5.97 Å². The van der Waals surface area contributed by atoms with E-state index in [9.17, 15) is 23.1 Å². The van der Waals surface area contributed by atoms with Crippen LogP contribution in [0.15, 0.2) is 29.2 Å². The van der Waals surface area contributed by atoms with E-state index in [1.165, 1.54) is 12.1 Å². The maximum atomic E-state index is 13.5. The largest absolute Gasteiger partial charge is 0.460 e. The topological polar surface area (TPSA) is 120 Å². The molecule has 3 saturated carbocycles. The molecule has 0 spiro atoms. The molecule has 1 saturated heterocycles. The van der Waals surface area contributed by atoms with Gasteiger partial charge in [0, 0.05) is 23.2 Å². The molecule has 1 aromatic carbocycles. The third kappa shape index (κ3) is 4.25. The second-order valence-electron chi connectivity index (χ2n) is 12.7. The highest BCUT2D eigenvalue weighted by atomic mass is 32.2. The summed E-state index contributed by atoms with van der Waals surface area (Å²) < 4.78 is 42.3. The predicted octanol–water partition coefficient (Wildman–Crippen LogP) is 3.82. The number of aryl methyl sites for hydroxylation is 1. The van der Waals surface area contributed by atoms with Crippen LogP contribution in [0.3, 0.4) is 0 Å². The molecule has 210 valence electrons. The molecule has 0 aromatic heterocycles. The Labute approximate surface area is 225 Å². The van der Waals surface area contributed by atoms with Gasteiger partial charge in [0.15, 0.2) is 6.61 Å². The molecule has 9 heteroatoms. The van der Waals surface area contributed by atoms with E-state index in [1.54, 1.807) is 12.1 Å². The van der Waals surface area contributed by atoms with Crippen LogP contribution in [-0.2, 0) is 33.4 Å². The van der Waals surface area contributed by atoms with Crippen LogP contribution in [-0.4, -0.2) is 56.8 Å². The van der Waals surface area contributed by atoms with Crippen LogP contribution < -0.4 is 0 Å². The number of epoxide rings is 1. The van der Waals surface area contributed by atoms with E-state index in [4.69, 9.17) is 13.7 Å². The number of carbonyl (C=O) groups is 2. The quantitative estimate of drug-likeness (QED) is 0.324. The average Bonchev–Trinajstić information content (AvgIpc) is 3.67. The Hall–Kier alpha value is -1.81. The lowest BCUT2D eigenvalue weighted by molar-refractivity contribution is -0.214. The molecule has 0 amide bonds. The average molecular weight is 549 g/mol. The highest BCUT2D eigenvalue weighted by molar-refractivity contribution is 7.86. The fraction of sp³-hybridized carbons (Fsp3) is 0.724. The number of aliphatic hydroxyl groups is 1. The van der Waals surface area contributed by atoms with Crippen LogP contribution >= 0.6 is 0 Å². The summed E-state index contributed by atoms with van der Waals surface area (Å²) in [6.07, 6.45) is 1.60. The first-order chi connectivity index (χ1) is 17.8. The van der Waals surface area contributed by atoms with Gasteiger partial charge in [-0.25, -0.2) is 4.79 Å². The molecule has 1 N–H and O–H groups in total. The third-order valence-corrected chi connectivity index (χ3v) is 12.1. The molecule has 5 rings (SSSR count). The summed E-state index contributed by atoms with van der Waals surface area (Å²) in [4.78, 5) is 26.7. The summed E-state index contributed by atoms with van der Waals surface area (Å²) in [6, 6.07) is 6.19. The first kappa shape index (κ1) is 27.7. The van der Waals surface area contributed by atoms with Crippen molar-refractivity contribution >= 4 is 21.9 Å². The van der Waals surface area contributed by atoms with Gasteiger partial charge < -0.3 is 14.6 Å². The zero-order valence-electron chi connectivity index (χ0n) is 22.9. The van der Waals surface area contributed by atoms with Crippen molar-refractivity contribution in [3.05, 3.63) is 29.8 Å². The van der Waals surface area contributed by atoms with E-state index >= 15 is 0 Å². The second kappa shape index (κ2) is 9.39. The molecular weight excluding hydrogens is 508 g/mol. The van der Waals surface area contributed by atoms with E-state index in [1.807, 2.05) is 13.8 Å². The minimum absolute atomic E-state index is 0.0355. The zero-order valence-corrected chi connectivity index (χ0v) is 23.8. The Bertz CT molecular complexity index is 1210. The van der Waals surface area contributed by atoms with Gasteiger partial charge in [0.25, 0.3) is 10.1 Å². The molecule has 9 atom stereocenters. The van der Waals surface area contributed by atoms with Crippen LogP contribution in [0.2, 0.25) is 0 Å². The Kier molecular flexibility index (Phi) is 6.86. The minimum atomic E-state index is -4.15. The fourth-order valence-electron chi connectivity index (χ4n) is 8.14. The molecule has 1 unspecified atom stereocenters. The molecule has 2 bridgehead atoms. The van der Waals surface area contributed by atoms with Crippen molar-refractivity contribution in [3.8, 4) is 0 Å². The number of rotatable bonds is 6. The minimum Gasteiger partial charge on any atom is -0.460 e. The molecule has 1 aromatic rings. The Morgan fingerprint density at radius 2 is 1.82 bits per heavy atom. The maximum absolute atomic E-state index is 13.5. The van der Waals surface area contributed by atoms with Gasteiger partial charge in [0.1, 0.15) is 11.9 Å². The number of Topliss-reactive ketones (excluding diaryl/α,β-unsaturated/α-hetero) is 1. The van der Waals surface area contributed by atoms with E-state index in [0.29, 0.717) is 19.4 Å². The van der Waals surface area contributed by atoms with Crippen LogP contribution in [0.4, 0.5) is 0 Å². The number of hydrogen-bond donors (Lipinski definition) is 1. The number of benzene rings is 1. The van der Waals surface area contributed by atoms with E-state index in [0.717, 1.165) is 24.8 Å². The van der Waals surface area contributed by atoms with Gasteiger partial charge in [0.05, 0.1) is 23.7 Å². The number of carbonyl (C=O) groups excluding carboxylic acids is 2. The lowest BCUT2D eigenvalue weighted by atomic mass is 9.43. The SMILES string of the molecule is Cc1ccc(S(=O)(=O)OCC(=O)O[C@@H]2C[C@@](C)(C3CO3)[C@@H](O)[C@H](C)[C@]34CCC(=O)[C@H]3[C@@]2(C)[C@H](C)CC4)cc1. The highest BCUT2D eigenvalue weighted by Crippen LogP contribution is 2.68. The van der Waals surface area contributed by atoms with Crippen LogP contribution in [0, 0.1) is 40.9 Å². The molecule has 0 radical (unpaired) electrons. The van der Waals surface area contributed by atoms with Gasteiger partial charge in [-0.05, 0) is 62.0 Å². The van der Waals surface area contributed by atoms with Crippen molar-refractivity contribution in [2.24, 2.45) is 34.0 Å². The fourth-order valence-corrected chi connectivity index (χ4v) is 9.00. The lowest BCUT2D eigenvalue weighted by Crippen LogP contribution is -2.64. The summed E-state index contributed by atoms with van der Waals surface area (Å²) in [6.45, 7) is 9.84. The molecule has 4 fully saturated rings. The smallest absolute Gasteiger partial charge is 0.333 e. The summed E-state index contributed by atoms with van der Waals surface area (Å²) >= 11 is 0. The monoisotopic (exact) mass is 548 g/mol. The predicted molar refractivity (Wildman–Crippen MR) is 139 cm³/mol. The van der Waals surface area contributed by atoms with Crippen LogP contribution in [0.5, 0.6) is 0 Å². The van der Waals surface area contributed by atoms with Crippen molar-refractivity contribution in [1.82, 2.24) is 0 Å². The van der Waals surface area contributed by atoms with Crippen LogP contribution in [0.1, 0.15) is 65.4 Å². The summed E-state index contributed by atoms with van der Waals surface area (Å²) in [5.41, 5.74) is -0.813. The van der Waals surface area contributed by atoms with Gasteiger partial charge in [-0.2, -0.15) is 8.42 Å². The van der Waals surface area contributed by atoms with Crippen LogP contribution in [0.25, 0.3) is 0 Å². The van der Waals surface area contributed by atoms with Gasteiger partial charge in [-0.3, -0.25) is 8.98 Å². The summed E-state index contributed by atoms with van der Waals surface area (Å²) in [5, 5.41) is 11.8. The summed E-state index contributed by atoms with van der Waals surface area (Å²) in [5.74, 6) is -1.00. The second-order valence-corrected chi connectivity index (χ2v) is 14.3. The Balaban J connectivity index is 1.46. The molecule has 1 heterocycles. The van der Waals surface area contributed by atoms with Gasteiger partial charge in [-0.15, -0.1) is 0 Å². The zero-order chi connectivity index (χ0) is 27.7. The van der Waals surface area contributed by atoms with Crippen molar-refractivity contribution in [2.45, 2.75) is 89.9 Å². The normalized spacial score (nSPS) is 42.6. The van der Waals surface area contributed by atoms with E-state index in [-0.39, 0.29) is 40.0 Å². The Morgan fingerprint density at radius 1 is 1.16 bits per heavy atom. The third-order valence-electron chi connectivity index (χ3n) is 10.8. The Morgan fingerprint density at radius 3 is 2.45 bits per heavy atom. The van der Waals surface area contributed by atoms with E-state index < -0.39 is 45.7 Å². The number of aliphatic hydroxyl groups excluding tert-OH is 1. The number of ether oxygens (including phenoxy) is 2. The van der Waals surface area contributed by atoms with Gasteiger partial charge in [-0.1, -0.05) is 45.4 Å². The van der Waals surface area contributed by atoms with Crippen molar-refractivity contribution in [2.75, 3.05) is 13.2 Å². The highest BCUT2D eigenvalue weighted by Gasteiger charge is 2.70. The number of ketones is 1. The molecule has 3 aliphatic carbocycles. The number of hydrogen-bond acceptors (Lipinski definition) is 8. The van der Waals surface area contributed by atoms with E-state index in [2.05, 4.69) is 20.8 Å². The maximum Gasteiger partial charge on any atom is 0.333 e.